The Morgan fingerprint density at radius 3 is 2.90 bits per heavy atom. The summed E-state index contributed by atoms with van der Waals surface area (Å²) in [6.45, 7) is 3.32. The number of aromatic hydroxyl groups is 1. The van der Waals surface area contributed by atoms with Gasteiger partial charge in [0.05, 0.1) is 13.2 Å². The number of benzene rings is 1. The van der Waals surface area contributed by atoms with E-state index in [1.54, 1.807) is 12.1 Å². The summed E-state index contributed by atoms with van der Waals surface area (Å²) < 4.78 is 6.06. The first-order valence-electron chi connectivity index (χ1n) is 9.93. The number of aromatic nitrogens is 1. The Morgan fingerprint density at radius 2 is 2.17 bits per heavy atom. The van der Waals surface area contributed by atoms with Crippen molar-refractivity contribution in [3.05, 3.63) is 52.2 Å². The van der Waals surface area contributed by atoms with Crippen LogP contribution in [0.25, 0.3) is 0 Å². The van der Waals surface area contributed by atoms with Gasteiger partial charge >= 0.3 is 0 Å². The zero-order chi connectivity index (χ0) is 20.8. The van der Waals surface area contributed by atoms with Gasteiger partial charge in [-0.1, -0.05) is 24.6 Å². The molecule has 4 atom stereocenters. The van der Waals surface area contributed by atoms with E-state index in [1.807, 2.05) is 12.1 Å². The molecule has 2 aliphatic rings. The third kappa shape index (κ3) is 3.59. The van der Waals surface area contributed by atoms with E-state index in [0.717, 1.165) is 19.4 Å². The average molecular weight is 419 g/mol. The van der Waals surface area contributed by atoms with E-state index in [2.05, 4.69) is 23.9 Å². The zero-order valence-corrected chi connectivity index (χ0v) is 17.4. The number of phenolic OH excluding ortho intramolecular Hbond substituents is 1. The minimum absolute atomic E-state index is 0.108. The van der Waals surface area contributed by atoms with E-state index < -0.39 is 6.10 Å². The summed E-state index contributed by atoms with van der Waals surface area (Å²) in [5.41, 5.74) is 2.84. The van der Waals surface area contributed by atoms with Gasteiger partial charge in [0.1, 0.15) is 16.9 Å². The minimum atomic E-state index is -1.01. The molecule has 1 fully saturated rings. The Hall–Kier alpha value is -1.86. The number of hydrogen-bond acceptors (Lipinski definition) is 6. The Balaban J connectivity index is 1.60. The molecule has 1 aliphatic heterocycles. The highest BCUT2D eigenvalue weighted by molar-refractivity contribution is 6.31. The van der Waals surface area contributed by atoms with Gasteiger partial charge in [-0.15, -0.1) is 0 Å². The summed E-state index contributed by atoms with van der Waals surface area (Å²) in [7, 11) is 2.15. The van der Waals surface area contributed by atoms with Crippen LogP contribution < -0.4 is 4.74 Å². The summed E-state index contributed by atoms with van der Waals surface area (Å²) >= 11 is 6.31. The lowest BCUT2D eigenvalue weighted by Crippen LogP contribution is -2.59. The number of fused-ring (bicyclic) bond motifs is 4. The quantitative estimate of drug-likeness (QED) is 0.692. The lowest BCUT2D eigenvalue weighted by molar-refractivity contribution is 0.0109. The monoisotopic (exact) mass is 418 g/mol. The number of pyridine rings is 1. The molecule has 2 bridgehead atoms. The van der Waals surface area contributed by atoms with Crippen LogP contribution in [0.5, 0.6) is 11.6 Å². The molecule has 7 heteroatoms. The highest BCUT2D eigenvalue weighted by Gasteiger charge is 2.50. The highest BCUT2D eigenvalue weighted by atomic mass is 35.5. The van der Waals surface area contributed by atoms with Crippen molar-refractivity contribution in [3.63, 3.8) is 0 Å². The topological polar surface area (TPSA) is 86.1 Å². The molecule has 0 amide bonds. The van der Waals surface area contributed by atoms with Crippen LogP contribution in [-0.4, -0.2) is 58.1 Å². The Kier molecular flexibility index (Phi) is 5.46. The zero-order valence-electron chi connectivity index (χ0n) is 16.7. The van der Waals surface area contributed by atoms with Crippen LogP contribution in [0.1, 0.15) is 36.1 Å². The van der Waals surface area contributed by atoms with Crippen LogP contribution in [0.4, 0.5) is 0 Å². The van der Waals surface area contributed by atoms with E-state index in [1.165, 1.54) is 17.3 Å². The third-order valence-electron chi connectivity index (χ3n) is 6.76. The van der Waals surface area contributed by atoms with Gasteiger partial charge in [0.25, 0.3) is 0 Å². The number of nitrogens with zero attached hydrogens (tertiary/aromatic N) is 2. The number of aliphatic hydroxyl groups is 2. The maximum Gasteiger partial charge on any atom is 0.232 e. The summed E-state index contributed by atoms with van der Waals surface area (Å²) in [5.74, 6) is 0.840. The fraction of sp³-hybridized carbons (Fsp3) is 0.500. The molecule has 1 aliphatic carbocycles. The second-order valence-corrected chi connectivity index (χ2v) is 8.84. The first-order valence-corrected chi connectivity index (χ1v) is 10.3. The van der Waals surface area contributed by atoms with Crippen molar-refractivity contribution >= 4 is 11.6 Å². The summed E-state index contributed by atoms with van der Waals surface area (Å²) in [5, 5.41) is 29.2. The molecule has 1 aromatic heterocycles. The number of piperidine rings is 1. The number of ether oxygens (including phenoxy) is 1. The molecule has 0 spiro atoms. The minimum Gasteiger partial charge on any atom is -0.508 e. The smallest absolute Gasteiger partial charge is 0.232 e. The number of likely N-dealkylation sites (N-methyl/N-ethyl adjacent to an activating group) is 1. The average Bonchev–Trinajstić information content (AvgIpc) is 2.71. The predicted molar refractivity (Wildman–Crippen MR) is 110 cm³/mol. The van der Waals surface area contributed by atoms with Crippen LogP contribution in [0.2, 0.25) is 5.02 Å². The molecule has 1 saturated heterocycles. The lowest BCUT2D eigenvalue weighted by atomic mass is 9.58. The van der Waals surface area contributed by atoms with Crippen LogP contribution in [0.3, 0.4) is 0 Å². The Bertz CT molecular complexity index is 908. The molecule has 1 unspecified atom stereocenters. The van der Waals surface area contributed by atoms with Gasteiger partial charge in [0, 0.05) is 29.1 Å². The van der Waals surface area contributed by atoms with Crippen molar-refractivity contribution in [2.24, 2.45) is 5.92 Å². The standard InChI is InChI=1S/C22H27ClN2O4/c1-22-5-6-25(2)19(8-13-3-4-15(27)9-16(13)22)17(22)12-29-21-18(23)7-14(10-24-21)20(28)11-26/h3-4,7,9-10,17,19-20,26-28H,5-6,8,11-12H2,1-2H3/t17-,19?,20+,22-/m0/s1. The molecule has 2 aromatic rings. The SMILES string of the molecule is CN1CC[C@@]2(C)c3cc(O)ccc3CC1[C@@H]2COc1ncc([C@H](O)CO)cc1Cl. The summed E-state index contributed by atoms with van der Waals surface area (Å²) in [6, 6.07) is 7.62. The van der Waals surface area contributed by atoms with Crippen molar-refractivity contribution in [2.45, 2.75) is 37.3 Å². The molecule has 4 rings (SSSR count). The molecule has 6 nitrogen and oxygen atoms in total. The second-order valence-electron chi connectivity index (χ2n) is 8.43. The second kappa shape index (κ2) is 7.76. The van der Waals surface area contributed by atoms with E-state index >= 15 is 0 Å². The number of rotatable bonds is 5. The van der Waals surface area contributed by atoms with Gasteiger partial charge in [0.15, 0.2) is 0 Å². The first-order chi connectivity index (χ1) is 13.8. The molecule has 2 heterocycles. The predicted octanol–water partition coefficient (Wildman–Crippen LogP) is 2.68. The molecule has 156 valence electrons. The fourth-order valence-corrected chi connectivity index (χ4v) is 5.15. The van der Waals surface area contributed by atoms with Gasteiger partial charge in [-0.25, -0.2) is 4.98 Å². The van der Waals surface area contributed by atoms with Crippen molar-refractivity contribution in [3.8, 4) is 11.6 Å². The molecule has 0 saturated carbocycles. The van der Waals surface area contributed by atoms with Gasteiger partial charge in [-0.2, -0.15) is 0 Å². The number of phenols is 1. The molecule has 3 N–H and O–H groups in total. The largest absolute Gasteiger partial charge is 0.508 e. The van der Waals surface area contributed by atoms with E-state index in [4.69, 9.17) is 21.4 Å². The van der Waals surface area contributed by atoms with Gasteiger partial charge < -0.3 is 25.0 Å². The highest BCUT2D eigenvalue weighted by Crippen LogP contribution is 2.49. The van der Waals surface area contributed by atoms with Gasteiger partial charge in [-0.3, -0.25) is 0 Å². The maximum absolute atomic E-state index is 10.1. The van der Waals surface area contributed by atoms with E-state index in [-0.39, 0.29) is 17.9 Å². The Morgan fingerprint density at radius 1 is 1.38 bits per heavy atom. The van der Waals surface area contributed by atoms with Crippen molar-refractivity contribution in [2.75, 3.05) is 26.8 Å². The van der Waals surface area contributed by atoms with Crippen molar-refractivity contribution in [1.29, 1.82) is 0 Å². The van der Waals surface area contributed by atoms with Crippen LogP contribution in [-0.2, 0) is 11.8 Å². The van der Waals surface area contributed by atoms with Crippen LogP contribution in [0, 0.1) is 5.92 Å². The summed E-state index contributed by atoms with van der Waals surface area (Å²) in [4.78, 5) is 6.64. The number of hydrogen-bond donors (Lipinski definition) is 3. The normalized spacial score (nSPS) is 27.3. The number of halogens is 1. The number of likely N-dealkylation sites (tertiary alicyclic amines) is 1. The van der Waals surface area contributed by atoms with Gasteiger partial charge in [-0.05, 0) is 55.8 Å². The van der Waals surface area contributed by atoms with Crippen molar-refractivity contribution in [1.82, 2.24) is 9.88 Å². The first kappa shape index (κ1) is 20.4. The molecular formula is C22H27ClN2O4. The molecule has 1 aromatic carbocycles. The summed E-state index contributed by atoms with van der Waals surface area (Å²) in [6.07, 6.45) is 2.36. The van der Waals surface area contributed by atoms with E-state index in [0.29, 0.717) is 34.9 Å². The van der Waals surface area contributed by atoms with Crippen LogP contribution in [0.15, 0.2) is 30.5 Å². The molecule has 0 radical (unpaired) electrons. The lowest BCUT2D eigenvalue weighted by Gasteiger charge is -2.54. The third-order valence-corrected chi connectivity index (χ3v) is 7.03. The van der Waals surface area contributed by atoms with Crippen molar-refractivity contribution < 1.29 is 20.1 Å². The fourth-order valence-electron chi connectivity index (χ4n) is 4.92. The maximum atomic E-state index is 10.1. The van der Waals surface area contributed by atoms with Crippen LogP contribution >= 0.6 is 11.6 Å². The van der Waals surface area contributed by atoms with E-state index in [9.17, 15) is 10.2 Å². The molecular weight excluding hydrogens is 392 g/mol. The molecule has 29 heavy (non-hydrogen) atoms. The van der Waals surface area contributed by atoms with Gasteiger partial charge in [0.2, 0.25) is 5.88 Å². The Labute approximate surface area is 175 Å². The number of aliphatic hydroxyl groups excluding tert-OH is 2.